The van der Waals surface area contributed by atoms with Crippen molar-refractivity contribution in [3.05, 3.63) is 0 Å². The molecule has 0 rings (SSSR count). The highest BCUT2D eigenvalue weighted by Crippen LogP contribution is 2.16. The standard InChI is InChI=1S/C21H43N5O3S/c1-5-25(6-2)14-9-12-23-20(28)17-18(30-16-11-19(22)27)21(29)24-13-10-15-26(7-3)8-4/h18H,5-17H2,1-4H3,(H2,22,27)(H,23,28)(H,24,29). The van der Waals surface area contributed by atoms with Gasteiger partial charge in [0.05, 0.1) is 5.25 Å². The van der Waals surface area contributed by atoms with E-state index in [-0.39, 0.29) is 24.7 Å². The molecule has 3 amide bonds. The highest BCUT2D eigenvalue weighted by atomic mass is 32.2. The van der Waals surface area contributed by atoms with E-state index in [4.69, 9.17) is 5.73 Å². The zero-order valence-corrected chi connectivity index (χ0v) is 20.2. The van der Waals surface area contributed by atoms with Crippen LogP contribution in [0.25, 0.3) is 0 Å². The summed E-state index contributed by atoms with van der Waals surface area (Å²) in [5.41, 5.74) is 5.20. The molecule has 30 heavy (non-hydrogen) atoms. The molecular weight excluding hydrogens is 402 g/mol. The predicted molar refractivity (Wildman–Crippen MR) is 126 cm³/mol. The monoisotopic (exact) mass is 445 g/mol. The fraction of sp³-hybridized carbons (Fsp3) is 0.857. The highest BCUT2D eigenvalue weighted by Gasteiger charge is 2.22. The van der Waals surface area contributed by atoms with E-state index >= 15 is 0 Å². The van der Waals surface area contributed by atoms with Crippen molar-refractivity contribution < 1.29 is 14.4 Å². The second-order valence-electron chi connectivity index (χ2n) is 7.18. The fourth-order valence-corrected chi connectivity index (χ4v) is 4.12. The van der Waals surface area contributed by atoms with Crippen LogP contribution in [-0.4, -0.2) is 90.9 Å². The van der Waals surface area contributed by atoms with E-state index in [1.807, 2.05) is 0 Å². The lowest BCUT2D eigenvalue weighted by molar-refractivity contribution is -0.125. The van der Waals surface area contributed by atoms with E-state index in [1.54, 1.807) is 0 Å². The molecule has 0 aliphatic rings. The Morgan fingerprint density at radius 1 is 0.867 bits per heavy atom. The smallest absolute Gasteiger partial charge is 0.233 e. The van der Waals surface area contributed by atoms with E-state index in [1.165, 1.54) is 11.8 Å². The summed E-state index contributed by atoms with van der Waals surface area (Å²) in [6.07, 6.45) is 2.05. The van der Waals surface area contributed by atoms with Crippen LogP contribution in [-0.2, 0) is 14.4 Å². The Morgan fingerprint density at radius 2 is 1.37 bits per heavy atom. The maximum absolute atomic E-state index is 12.6. The van der Waals surface area contributed by atoms with Gasteiger partial charge >= 0.3 is 0 Å². The average Bonchev–Trinajstić information content (AvgIpc) is 2.72. The van der Waals surface area contributed by atoms with E-state index in [0.29, 0.717) is 18.8 Å². The van der Waals surface area contributed by atoms with Gasteiger partial charge in [0.25, 0.3) is 0 Å². The molecule has 8 nitrogen and oxygen atoms in total. The molecule has 0 bridgehead atoms. The fourth-order valence-electron chi connectivity index (χ4n) is 3.01. The minimum Gasteiger partial charge on any atom is -0.370 e. The number of thioether (sulfide) groups is 1. The Kier molecular flexibility index (Phi) is 17.6. The first-order chi connectivity index (χ1) is 14.4. The molecule has 176 valence electrons. The quantitative estimate of drug-likeness (QED) is 0.257. The van der Waals surface area contributed by atoms with Gasteiger partial charge in [-0.15, -0.1) is 11.8 Å². The van der Waals surface area contributed by atoms with Crippen LogP contribution in [0.3, 0.4) is 0 Å². The molecule has 0 aromatic heterocycles. The molecule has 0 heterocycles. The summed E-state index contributed by atoms with van der Waals surface area (Å²) < 4.78 is 0. The number of primary amides is 1. The van der Waals surface area contributed by atoms with Crippen LogP contribution >= 0.6 is 11.8 Å². The predicted octanol–water partition coefficient (Wildman–Crippen LogP) is 1.05. The van der Waals surface area contributed by atoms with Gasteiger partial charge in [-0.3, -0.25) is 14.4 Å². The molecule has 0 fully saturated rings. The van der Waals surface area contributed by atoms with Crippen LogP contribution in [0.1, 0.15) is 53.4 Å². The second kappa shape index (κ2) is 18.4. The van der Waals surface area contributed by atoms with Gasteiger partial charge in [-0.25, -0.2) is 0 Å². The molecule has 0 aliphatic carbocycles. The summed E-state index contributed by atoms with van der Waals surface area (Å²) in [7, 11) is 0. The van der Waals surface area contributed by atoms with Gasteiger partial charge in [0, 0.05) is 31.7 Å². The number of nitrogens with two attached hydrogens (primary N) is 1. The minimum absolute atomic E-state index is 0.108. The first kappa shape index (κ1) is 28.7. The summed E-state index contributed by atoms with van der Waals surface area (Å²) in [5, 5.41) is 5.34. The maximum Gasteiger partial charge on any atom is 0.233 e. The van der Waals surface area contributed by atoms with Crippen molar-refractivity contribution in [1.29, 1.82) is 0 Å². The molecule has 1 atom stereocenters. The topological polar surface area (TPSA) is 108 Å². The van der Waals surface area contributed by atoms with Crippen LogP contribution in [0.15, 0.2) is 0 Å². The average molecular weight is 446 g/mol. The van der Waals surface area contributed by atoms with Gasteiger partial charge in [0.2, 0.25) is 17.7 Å². The number of hydrogen-bond acceptors (Lipinski definition) is 6. The van der Waals surface area contributed by atoms with Gasteiger partial charge in [0.1, 0.15) is 0 Å². The first-order valence-electron chi connectivity index (χ1n) is 11.3. The number of nitrogens with one attached hydrogen (secondary N) is 2. The molecule has 0 saturated carbocycles. The number of nitrogens with zero attached hydrogens (tertiary/aromatic N) is 2. The lowest BCUT2D eigenvalue weighted by Crippen LogP contribution is -2.39. The molecule has 0 aliphatic heterocycles. The molecule has 0 spiro atoms. The van der Waals surface area contributed by atoms with Crippen molar-refractivity contribution in [2.45, 2.75) is 58.6 Å². The van der Waals surface area contributed by atoms with E-state index in [9.17, 15) is 14.4 Å². The van der Waals surface area contributed by atoms with Gasteiger partial charge in [-0.2, -0.15) is 0 Å². The van der Waals surface area contributed by atoms with Crippen molar-refractivity contribution >= 4 is 29.5 Å². The minimum atomic E-state index is -0.513. The lowest BCUT2D eigenvalue weighted by Gasteiger charge is -2.20. The summed E-state index contributed by atoms with van der Waals surface area (Å²) in [6, 6.07) is 0. The summed E-state index contributed by atoms with van der Waals surface area (Å²) in [6.45, 7) is 15.5. The molecule has 9 heteroatoms. The third-order valence-electron chi connectivity index (χ3n) is 5.04. The van der Waals surface area contributed by atoms with Crippen molar-refractivity contribution in [2.24, 2.45) is 5.73 Å². The molecule has 1 unspecified atom stereocenters. The zero-order chi connectivity index (χ0) is 22.8. The Hall–Kier alpha value is -1.32. The maximum atomic E-state index is 12.6. The number of amides is 3. The Morgan fingerprint density at radius 3 is 1.83 bits per heavy atom. The van der Waals surface area contributed by atoms with Gasteiger partial charge in [-0.05, 0) is 52.1 Å². The number of hydrogen-bond donors (Lipinski definition) is 3. The highest BCUT2D eigenvalue weighted by molar-refractivity contribution is 8.00. The SMILES string of the molecule is CCN(CC)CCCNC(=O)CC(SCCC(N)=O)C(=O)NCCCN(CC)CC. The zero-order valence-electron chi connectivity index (χ0n) is 19.4. The lowest BCUT2D eigenvalue weighted by atomic mass is 10.2. The van der Waals surface area contributed by atoms with Gasteiger partial charge in [0.15, 0.2) is 0 Å². The third-order valence-corrected chi connectivity index (χ3v) is 6.27. The molecule has 0 radical (unpaired) electrons. The Bertz CT molecular complexity index is 485. The van der Waals surface area contributed by atoms with Gasteiger partial charge in [-0.1, -0.05) is 27.7 Å². The van der Waals surface area contributed by atoms with Crippen LogP contribution in [0, 0.1) is 0 Å². The molecular formula is C21H43N5O3S. The Balaban J connectivity index is 4.44. The number of rotatable bonds is 19. The molecule has 0 saturated heterocycles. The van der Waals surface area contributed by atoms with Crippen molar-refractivity contribution in [3.8, 4) is 0 Å². The normalized spacial score (nSPS) is 12.2. The second-order valence-corrected chi connectivity index (χ2v) is 8.49. The Labute approximate surface area is 187 Å². The summed E-state index contributed by atoms with van der Waals surface area (Å²) in [5.74, 6) is -0.254. The number of carbonyl (C=O) groups is 3. The van der Waals surface area contributed by atoms with E-state index < -0.39 is 11.2 Å². The largest absolute Gasteiger partial charge is 0.370 e. The van der Waals surface area contributed by atoms with E-state index in [0.717, 1.165) is 52.1 Å². The first-order valence-corrected chi connectivity index (χ1v) is 12.3. The van der Waals surface area contributed by atoms with Crippen molar-refractivity contribution in [2.75, 3.05) is 58.1 Å². The molecule has 4 N–H and O–H groups in total. The van der Waals surface area contributed by atoms with Crippen LogP contribution in [0.4, 0.5) is 0 Å². The van der Waals surface area contributed by atoms with Crippen LogP contribution in [0.2, 0.25) is 0 Å². The van der Waals surface area contributed by atoms with Gasteiger partial charge < -0.3 is 26.2 Å². The van der Waals surface area contributed by atoms with Crippen molar-refractivity contribution in [3.63, 3.8) is 0 Å². The van der Waals surface area contributed by atoms with E-state index in [2.05, 4.69) is 48.1 Å². The third kappa shape index (κ3) is 14.6. The summed E-state index contributed by atoms with van der Waals surface area (Å²) in [4.78, 5) is 40.5. The molecule has 0 aromatic rings. The van der Waals surface area contributed by atoms with Crippen molar-refractivity contribution in [1.82, 2.24) is 20.4 Å². The van der Waals surface area contributed by atoms with Crippen LogP contribution < -0.4 is 16.4 Å². The van der Waals surface area contributed by atoms with Crippen LogP contribution in [0.5, 0.6) is 0 Å². The summed E-state index contributed by atoms with van der Waals surface area (Å²) >= 11 is 1.32. The number of carbonyl (C=O) groups excluding carboxylic acids is 3. The molecule has 0 aromatic carbocycles.